The Labute approximate surface area is 114 Å². The minimum Gasteiger partial charge on any atom is -0.496 e. The van der Waals surface area contributed by atoms with Crippen LogP contribution in [0.5, 0.6) is 17.2 Å². The Balaban J connectivity index is 3.43. The van der Waals surface area contributed by atoms with Crippen LogP contribution in [0.25, 0.3) is 0 Å². The molecule has 0 aliphatic heterocycles. The highest BCUT2D eigenvalue weighted by Gasteiger charge is 2.23. The predicted octanol–water partition coefficient (Wildman–Crippen LogP) is 2.01. The highest BCUT2D eigenvalue weighted by atomic mass is 79.9. The Morgan fingerprint density at radius 3 is 2.28 bits per heavy atom. The predicted molar refractivity (Wildman–Crippen MR) is 71.8 cm³/mol. The third kappa shape index (κ3) is 2.76. The number of carbonyl (C=O) groups excluding carboxylic acids is 1. The van der Waals surface area contributed by atoms with Crippen molar-refractivity contribution in [3.05, 3.63) is 16.1 Å². The molecule has 0 bridgehead atoms. The summed E-state index contributed by atoms with van der Waals surface area (Å²) in [5.41, 5.74) is 5.82. The number of ketones is 1. The van der Waals surface area contributed by atoms with E-state index < -0.39 is 0 Å². The van der Waals surface area contributed by atoms with E-state index >= 15 is 0 Å². The maximum absolute atomic E-state index is 12.0. The van der Waals surface area contributed by atoms with Crippen molar-refractivity contribution in [1.29, 1.82) is 0 Å². The molecule has 0 aromatic heterocycles. The molecule has 0 saturated carbocycles. The van der Waals surface area contributed by atoms with Crippen molar-refractivity contribution < 1.29 is 19.0 Å². The largest absolute Gasteiger partial charge is 0.496 e. The second-order valence-corrected chi connectivity index (χ2v) is 4.26. The minimum atomic E-state index is -0.109. The molecule has 0 amide bonds. The van der Waals surface area contributed by atoms with Crippen LogP contribution in [0.3, 0.4) is 0 Å². The van der Waals surface area contributed by atoms with Crippen molar-refractivity contribution in [3.63, 3.8) is 0 Å². The summed E-state index contributed by atoms with van der Waals surface area (Å²) in [7, 11) is 4.52. The van der Waals surface area contributed by atoms with Crippen molar-refractivity contribution in [1.82, 2.24) is 0 Å². The van der Waals surface area contributed by atoms with Gasteiger partial charge in [-0.05, 0) is 22.5 Å². The topological polar surface area (TPSA) is 70.8 Å². The number of hydrogen-bond acceptors (Lipinski definition) is 5. The number of nitrogens with two attached hydrogens (primary N) is 1. The molecule has 0 unspecified atom stereocenters. The van der Waals surface area contributed by atoms with Gasteiger partial charge in [-0.2, -0.15) is 0 Å². The van der Waals surface area contributed by atoms with Crippen LogP contribution in [-0.4, -0.2) is 33.7 Å². The van der Waals surface area contributed by atoms with Gasteiger partial charge in [0.15, 0.2) is 17.3 Å². The number of carbonyl (C=O) groups is 1. The SMILES string of the molecule is COc1cc(OC)c(C(=O)CCN)c(Br)c1OC. The van der Waals surface area contributed by atoms with Crippen LogP contribution in [0.2, 0.25) is 0 Å². The normalized spacial score (nSPS) is 10.1. The molecule has 0 saturated heterocycles. The van der Waals surface area contributed by atoms with Gasteiger partial charge in [0.1, 0.15) is 5.75 Å². The van der Waals surface area contributed by atoms with E-state index in [0.29, 0.717) is 27.3 Å². The fraction of sp³-hybridized carbons (Fsp3) is 0.417. The lowest BCUT2D eigenvalue weighted by Crippen LogP contribution is -2.11. The zero-order chi connectivity index (χ0) is 13.7. The number of methoxy groups -OCH3 is 3. The highest BCUT2D eigenvalue weighted by Crippen LogP contribution is 2.43. The van der Waals surface area contributed by atoms with Crippen molar-refractivity contribution in [2.45, 2.75) is 6.42 Å². The summed E-state index contributed by atoms with van der Waals surface area (Å²) < 4.78 is 16.1. The first-order valence-electron chi connectivity index (χ1n) is 5.32. The molecule has 1 aromatic rings. The zero-order valence-corrected chi connectivity index (χ0v) is 12.2. The summed E-state index contributed by atoms with van der Waals surface area (Å²) in [4.78, 5) is 12.0. The maximum atomic E-state index is 12.0. The maximum Gasteiger partial charge on any atom is 0.175 e. The van der Waals surface area contributed by atoms with E-state index in [2.05, 4.69) is 15.9 Å². The molecule has 0 fully saturated rings. The van der Waals surface area contributed by atoms with Crippen molar-refractivity contribution in [2.24, 2.45) is 5.73 Å². The van der Waals surface area contributed by atoms with Crippen LogP contribution in [0, 0.1) is 0 Å². The first-order chi connectivity index (χ1) is 8.60. The van der Waals surface area contributed by atoms with Gasteiger partial charge in [0, 0.05) is 12.5 Å². The lowest BCUT2D eigenvalue weighted by Gasteiger charge is -2.16. The summed E-state index contributed by atoms with van der Waals surface area (Å²) in [6.45, 7) is 0.281. The molecule has 0 radical (unpaired) electrons. The molecule has 0 atom stereocenters. The van der Waals surface area contributed by atoms with Crippen LogP contribution in [0.15, 0.2) is 10.5 Å². The smallest absolute Gasteiger partial charge is 0.175 e. The van der Waals surface area contributed by atoms with Gasteiger partial charge in [-0.25, -0.2) is 0 Å². The van der Waals surface area contributed by atoms with Gasteiger partial charge >= 0.3 is 0 Å². The summed E-state index contributed by atoms with van der Waals surface area (Å²) in [6, 6.07) is 1.62. The Hall–Kier alpha value is -1.27. The zero-order valence-electron chi connectivity index (χ0n) is 10.6. The molecule has 6 heteroatoms. The van der Waals surface area contributed by atoms with Crippen molar-refractivity contribution >= 4 is 21.7 Å². The summed E-state index contributed by atoms with van der Waals surface area (Å²) in [5, 5.41) is 0. The molecule has 1 rings (SSSR count). The van der Waals surface area contributed by atoms with E-state index in [1.165, 1.54) is 21.3 Å². The minimum absolute atomic E-state index is 0.109. The Morgan fingerprint density at radius 1 is 1.22 bits per heavy atom. The van der Waals surface area contributed by atoms with Crippen molar-refractivity contribution in [2.75, 3.05) is 27.9 Å². The van der Waals surface area contributed by atoms with E-state index in [0.717, 1.165) is 0 Å². The van der Waals surface area contributed by atoms with Crippen molar-refractivity contribution in [3.8, 4) is 17.2 Å². The highest BCUT2D eigenvalue weighted by molar-refractivity contribution is 9.10. The third-order valence-corrected chi connectivity index (χ3v) is 3.20. The number of benzene rings is 1. The van der Waals surface area contributed by atoms with Crippen LogP contribution in [0.1, 0.15) is 16.8 Å². The monoisotopic (exact) mass is 317 g/mol. The van der Waals surface area contributed by atoms with Crippen LogP contribution < -0.4 is 19.9 Å². The molecule has 0 aliphatic carbocycles. The molecule has 0 heterocycles. The molecular weight excluding hydrogens is 302 g/mol. The van der Waals surface area contributed by atoms with Gasteiger partial charge in [0.2, 0.25) is 0 Å². The van der Waals surface area contributed by atoms with Gasteiger partial charge in [0.25, 0.3) is 0 Å². The van der Waals surface area contributed by atoms with E-state index in [-0.39, 0.29) is 18.7 Å². The lowest BCUT2D eigenvalue weighted by atomic mass is 10.1. The Morgan fingerprint density at radius 2 is 1.83 bits per heavy atom. The lowest BCUT2D eigenvalue weighted by molar-refractivity contribution is 0.0981. The van der Waals surface area contributed by atoms with Crippen LogP contribution in [0.4, 0.5) is 0 Å². The van der Waals surface area contributed by atoms with E-state index in [1.807, 2.05) is 0 Å². The second-order valence-electron chi connectivity index (χ2n) is 3.47. The van der Waals surface area contributed by atoms with Gasteiger partial charge in [0.05, 0.1) is 31.4 Å². The van der Waals surface area contributed by atoms with Gasteiger partial charge in [-0.15, -0.1) is 0 Å². The first-order valence-corrected chi connectivity index (χ1v) is 6.11. The van der Waals surface area contributed by atoms with E-state index in [1.54, 1.807) is 6.07 Å². The number of hydrogen-bond donors (Lipinski definition) is 1. The number of Topliss-reactive ketones (excluding diaryl/α,β-unsaturated/α-hetero) is 1. The first kappa shape index (κ1) is 14.8. The van der Waals surface area contributed by atoms with Crippen LogP contribution in [-0.2, 0) is 0 Å². The van der Waals surface area contributed by atoms with Gasteiger partial charge in [-0.3, -0.25) is 4.79 Å². The van der Waals surface area contributed by atoms with E-state index in [4.69, 9.17) is 19.9 Å². The number of ether oxygens (including phenoxy) is 3. The Kier molecular flexibility index (Phi) is 5.43. The molecule has 18 heavy (non-hydrogen) atoms. The molecule has 5 nitrogen and oxygen atoms in total. The average molecular weight is 318 g/mol. The van der Waals surface area contributed by atoms with Gasteiger partial charge in [-0.1, -0.05) is 0 Å². The second kappa shape index (κ2) is 6.61. The van der Waals surface area contributed by atoms with Gasteiger partial charge < -0.3 is 19.9 Å². The summed E-state index contributed by atoms with van der Waals surface area (Å²) in [5.74, 6) is 1.27. The van der Waals surface area contributed by atoms with E-state index in [9.17, 15) is 4.79 Å². The molecule has 0 spiro atoms. The Bertz CT molecular complexity index is 448. The summed E-state index contributed by atoms with van der Waals surface area (Å²) in [6.07, 6.45) is 0.241. The quantitative estimate of drug-likeness (QED) is 0.813. The fourth-order valence-corrected chi connectivity index (χ4v) is 2.38. The fourth-order valence-electron chi connectivity index (χ4n) is 1.61. The molecule has 1 aromatic carbocycles. The number of rotatable bonds is 6. The standard InChI is InChI=1S/C12H16BrNO4/c1-16-8-6-9(17-2)12(18-3)11(13)10(8)7(15)4-5-14/h6H,4-5,14H2,1-3H3. The third-order valence-electron chi connectivity index (χ3n) is 2.45. The van der Waals surface area contributed by atoms with Crippen LogP contribution >= 0.6 is 15.9 Å². The number of halogens is 1. The molecule has 0 aliphatic rings. The average Bonchev–Trinajstić information content (AvgIpc) is 2.37. The molecular formula is C12H16BrNO4. The molecule has 100 valence electrons. The molecule has 2 N–H and O–H groups in total. The summed E-state index contributed by atoms with van der Waals surface area (Å²) >= 11 is 3.35.